The quantitative estimate of drug-likeness (QED) is 0.873. The lowest BCUT2D eigenvalue weighted by atomic mass is 9.74. The Balaban J connectivity index is 1.77. The van der Waals surface area contributed by atoms with Gasteiger partial charge in [-0.2, -0.15) is 0 Å². The van der Waals surface area contributed by atoms with E-state index < -0.39 is 0 Å². The molecule has 1 fully saturated rings. The van der Waals surface area contributed by atoms with Crippen molar-refractivity contribution in [3.8, 4) is 0 Å². The van der Waals surface area contributed by atoms with Crippen LogP contribution in [0.15, 0.2) is 12.3 Å². The van der Waals surface area contributed by atoms with Crippen LogP contribution in [0, 0.1) is 11.3 Å². The highest BCUT2D eigenvalue weighted by Crippen LogP contribution is 2.37. The van der Waals surface area contributed by atoms with E-state index >= 15 is 0 Å². The average molecular weight is 315 g/mol. The third-order valence-electron chi connectivity index (χ3n) is 4.88. The van der Waals surface area contributed by atoms with Gasteiger partial charge in [-0.3, -0.25) is 4.79 Å². The summed E-state index contributed by atoms with van der Waals surface area (Å²) >= 11 is 0. The normalized spacial score (nSPS) is 17.9. The number of fused-ring (bicyclic) bond motifs is 1. The fraction of sp³-hybridized carbons (Fsp3) is 0.647. The number of carbonyl (C=O) groups is 1. The van der Waals surface area contributed by atoms with Crippen LogP contribution in [0.2, 0.25) is 0 Å². The van der Waals surface area contributed by atoms with Crippen LogP contribution >= 0.6 is 0 Å². The number of pyridine rings is 1. The number of aryl methyl sites for hydroxylation is 1. The lowest BCUT2D eigenvalue weighted by molar-refractivity contribution is 0.0572. The summed E-state index contributed by atoms with van der Waals surface area (Å²) in [6.45, 7) is 8.51. The van der Waals surface area contributed by atoms with Crippen LogP contribution in [-0.4, -0.2) is 43.9 Å². The number of carbonyl (C=O) groups excluding carboxylic acids is 1. The van der Waals surface area contributed by atoms with Crippen molar-refractivity contribution < 1.29 is 4.79 Å². The topological polar surface area (TPSA) is 63.9 Å². The van der Waals surface area contributed by atoms with Gasteiger partial charge in [0.25, 0.3) is 5.91 Å². The van der Waals surface area contributed by atoms with Gasteiger partial charge in [0.1, 0.15) is 5.52 Å². The molecule has 0 saturated carbocycles. The average Bonchev–Trinajstić information content (AvgIpc) is 2.88. The Bertz CT molecular complexity index is 713. The molecule has 6 heteroatoms. The minimum atomic E-state index is 0.0458. The molecule has 0 radical (unpaired) electrons. The van der Waals surface area contributed by atoms with E-state index in [9.17, 15) is 4.79 Å². The molecule has 6 nitrogen and oxygen atoms in total. The van der Waals surface area contributed by atoms with Crippen LogP contribution < -0.4 is 0 Å². The fourth-order valence-corrected chi connectivity index (χ4v) is 3.71. The zero-order valence-corrected chi connectivity index (χ0v) is 14.4. The number of nitrogens with zero attached hydrogens (tertiary/aromatic N) is 5. The van der Waals surface area contributed by atoms with Gasteiger partial charge in [-0.15, -0.1) is 5.10 Å². The molecule has 0 spiro atoms. The van der Waals surface area contributed by atoms with E-state index in [-0.39, 0.29) is 5.91 Å². The predicted molar refractivity (Wildman–Crippen MR) is 89.0 cm³/mol. The zero-order valence-electron chi connectivity index (χ0n) is 14.4. The van der Waals surface area contributed by atoms with Crippen molar-refractivity contribution >= 4 is 17.1 Å². The standard InChI is InChI=1S/C17H25N5O/c1-12(2)11-17(3)6-9-22(10-7-17)16(23)13-5-8-18-15-14(13)19-20-21(15)4/h5,8,12H,6-7,9-11H2,1-4H3. The summed E-state index contributed by atoms with van der Waals surface area (Å²) in [7, 11) is 1.79. The van der Waals surface area contributed by atoms with Crippen molar-refractivity contribution in [2.75, 3.05) is 13.1 Å². The lowest BCUT2D eigenvalue weighted by Gasteiger charge is -2.40. The fourth-order valence-electron chi connectivity index (χ4n) is 3.71. The number of rotatable bonds is 3. The van der Waals surface area contributed by atoms with Crippen LogP contribution in [-0.2, 0) is 7.05 Å². The molecule has 23 heavy (non-hydrogen) atoms. The van der Waals surface area contributed by atoms with Gasteiger partial charge in [-0.25, -0.2) is 9.67 Å². The Morgan fingerprint density at radius 3 is 2.70 bits per heavy atom. The molecule has 0 aliphatic carbocycles. The predicted octanol–water partition coefficient (Wildman–Crippen LogP) is 2.65. The minimum absolute atomic E-state index is 0.0458. The highest BCUT2D eigenvalue weighted by Gasteiger charge is 2.33. The van der Waals surface area contributed by atoms with E-state index in [0.717, 1.165) is 25.9 Å². The van der Waals surface area contributed by atoms with E-state index in [0.29, 0.717) is 28.1 Å². The van der Waals surface area contributed by atoms with E-state index in [1.807, 2.05) is 4.90 Å². The monoisotopic (exact) mass is 315 g/mol. The van der Waals surface area contributed by atoms with Crippen molar-refractivity contribution in [1.82, 2.24) is 24.9 Å². The molecule has 0 unspecified atom stereocenters. The number of piperidine rings is 1. The van der Waals surface area contributed by atoms with Crippen LogP contribution in [0.5, 0.6) is 0 Å². The van der Waals surface area contributed by atoms with E-state index in [4.69, 9.17) is 0 Å². The first kappa shape index (κ1) is 15.9. The second-order valence-electron chi connectivity index (χ2n) is 7.44. The number of likely N-dealkylation sites (tertiary alicyclic amines) is 1. The summed E-state index contributed by atoms with van der Waals surface area (Å²) in [5.41, 5.74) is 2.20. The van der Waals surface area contributed by atoms with Crippen molar-refractivity contribution in [2.24, 2.45) is 18.4 Å². The molecule has 1 aliphatic rings. The van der Waals surface area contributed by atoms with Gasteiger partial charge in [0.05, 0.1) is 5.56 Å². The number of hydrogen-bond donors (Lipinski definition) is 0. The maximum Gasteiger partial charge on any atom is 0.256 e. The van der Waals surface area contributed by atoms with Gasteiger partial charge in [0, 0.05) is 26.3 Å². The van der Waals surface area contributed by atoms with Gasteiger partial charge in [-0.1, -0.05) is 26.0 Å². The molecule has 2 aromatic rings. The summed E-state index contributed by atoms with van der Waals surface area (Å²) in [6, 6.07) is 1.75. The lowest BCUT2D eigenvalue weighted by Crippen LogP contribution is -2.42. The molecule has 3 heterocycles. The molecular formula is C17H25N5O. The first-order valence-corrected chi connectivity index (χ1v) is 8.33. The Hall–Kier alpha value is -1.98. The maximum absolute atomic E-state index is 12.9. The number of aromatic nitrogens is 4. The van der Waals surface area contributed by atoms with Gasteiger partial charge >= 0.3 is 0 Å². The van der Waals surface area contributed by atoms with E-state index in [2.05, 4.69) is 36.1 Å². The summed E-state index contributed by atoms with van der Waals surface area (Å²) in [5, 5.41) is 8.08. The summed E-state index contributed by atoms with van der Waals surface area (Å²) < 4.78 is 1.60. The van der Waals surface area contributed by atoms with Crippen molar-refractivity contribution in [3.63, 3.8) is 0 Å². The molecule has 0 bridgehead atoms. The number of hydrogen-bond acceptors (Lipinski definition) is 4. The Labute approximate surface area is 136 Å². The molecule has 0 atom stereocenters. The molecular weight excluding hydrogens is 290 g/mol. The zero-order chi connectivity index (χ0) is 16.6. The third kappa shape index (κ3) is 3.07. The van der Waals surface area contributed by atoms with Gasteiger partial charge in [0.2, 0.25) is 0 Å². The molecule has 3 rings (SSSR count). The Morgan fingerprint density at radius 2 is 2.04 bits per heavy atom. The molecule has 0 aromatic carbocycles. The van der Waals surface area contributed by atoms with Crippen molar-refractivity contribution in [2.45, 2.75) is 40.0 Å². The molecule has 0 N–H and O–H groups in total. The van der Waals surface area contributed by atoms with Crippen LogP contribution in [0.25, 0.3) is 11.2 Å². The van der Waals surface area contributed by atoms with Crippen LogP contribution in [0.3, 0.4) is 0 Å². The summed E-state index contributed by atoms with van der Waals surface area (Å²) in [6.07, 6.45) is 5.00. The van der Waals surface area contributed by atoms with Gasteiger partial charge in [-0.05, 0) is 36.7 Å². The largest absolute Gasteiger partial charge is 0.339 e. The van der Waals surface area contributed by atoms with Crippen LogP contribution in [0.4, 0.5) is 0 Å². The van der Waals surface area contributed by atoms with Gasteiger partial charge in [0.15, 0.2) is 5.65 Å². The highest BCUT2D eigenvalue weighted by atomic mass is 16.2. The first-order valence-electron chi connectivity index (χ1n) is 8.33. The second-order valence-corrected chi connectivity index (χ2v) is 7.44. The van der Waals surface area contributed by atoms with Gasteiger partial charge < -0.3 is 4.90 Å². The Morgan fingerprint density at radius 1 is 1.35 bits per heavy atom. The second kappa shape index (κ2) is 5.91. The summed E-state index contributed by atoms with van der Waals surface area (Å²) in [4.78, 5) is 19.1. The molecule has 1 saturated heterocycles. The smallest absolute Gasteiger partial charge is 0.256 e. The van der Waals surface area contributed by atoms with Crippen molar-refractivity contribution in [1.29, 1.82) is 0 Å². The molecule has 2 aromatic heterocycles. The third-order valence-corrected chi connectivity index (χ3v) is 4.88. The minimum Gasteiger partial charge on any atom is -0.339 e. The first-order chi connectivity index (χ1) is 10.9. The number of amides is 1. The Kier molecular flexibility index (Phi) is 4.08. The summed E-state index contributed by atoms with van der Waals surface area (Å²) in [5.74, 6) is 0.742. The van der Waals surface area contributed by atoms with Crippen molar-refractivity contribution in [3.05, 3.63) is 17.8 Å². The van der Waals surface area contributed by atoms with Crippen LogP contribution in [0.1, 0.15) is 50.4 Å². The molecule has 124 valence electrons. The SMILES string of the molecule is CC(C)CC1(C)CCN(C(=O)c2ccnc3c2nnn3C)CC1. The van der Waals surface area contributed by atoms with E-state index in [1.165, 1.54) is 6.42 Å². The molecule has 1 amide bonds. The highest BCUT2D eigenvalue weighted by molar-refractivity contribution is 6.03. The molecule has 1 aliphatic heterocycles. The van der Waals surface area contributed by atoms with E-state index in [1.54, 1.807) is 24.0 Å². The maximum atomic E-state index is 12.9.